The second-order valence-electron chi connectivity index (χ2n) is 8.80. The highest BCUT2D eigenvalue weighted by Crippen LogP contribution is 2.38. The lowest BCUT2D eigenvalue weighted by Crippen LogP contribution is -2.19. The zero-order valence-corrected chi connectivity index (χ0v) is 26.6. The van der Waals surface area contributed by atoms with Crippen LogP contribution in [0.5, 0.6) is 11.5 Å². The van der Waals surface area contributed by atoms with Gasteiger partial charge in [0.1, 0.15) is 22.0 Å². The average molecular weight is 762 g/mol. The third-order valence-corrected chi connectivity index (χ3v) is 9.98. The van der Waals surface area contributed by atoms with Gasteiger partial charge in [-0.05, 0) is 116 Å². The lowest BCUT2D eigenvalue weighted by molar-refractivity contribution is 0.414. The summed E-state index contributed by atoms with van der Waals surface area (Å²) >= 11 is 4.51. The predicted molar refractivity (Wildman–Crippen MR) is 177 cm³/mol. The first kappa shape index (κ1) is 29.4. The number of benzene rings is 4. The minimum Gasteiger partial charge on any atom is -0.497 e. The predicted octanol–water partition coefficient (Wildman–Crippen LogP) is 8.54. The largest absolute Gasteiger partial charge is 0.497 e. The van der Waals surface area contributed by atoms with Gasteiger partial charge < -0.3 is 9.47 Å². The molecule has 0 aliphatic carbocycles. The summed E-state index contributed by atoms with van der Waals surface area (Å²) < 4.78 is 41.9. The zero-order chi connectivity index (χ0) is 27.8. The Balaban J connectivity index is 1.82. The average Bonchev–Trinajstić information content (AvgIpc) is 2.95. The molecule has 2 atom stereocenters. The Labute approximate surface area is 258 Å². The van der Waals surface area contributed by atoms with E-state index < -0.39 is 20.3 Å². The summed E-state index contributed by atoms with van der Waals surface area (Å²) in [6.45, 7) is 0. The van der Waals surface area contributed by atoms with Crippen molar-refractivity contribution < 1.29 is 17.9 Å². The molecule has 0 saturated heterocycles. The normalized spacial score (nSPS) is 13.4. The van der Waals surface area contributed by atoms with Crippen molar-refractivity contribution in [1.82, 2.24) is 0 Å². The maximum atomic E-state index is 14.5. The summed E-state index contributed by atoms with van der Waals surface area (Å²) in [7, 11) is -0.639. The summed E-state index contributed by atoms with van der Waals surface area (Å²) in [6.07, 6.45) is 7.29. The summed E-state index contributed by atoms with van der Waals surface area (Å²) in [6, 6.07) is 30.3. The monoisotopic (exact) mass is 762 g/mol. The van der Waals surface area contributed by atoms with Crippen LogP contribution in [0.4, 0.5) is 0 Å². The number of sulfone groups is 1. The first-order valence-corrected chi connectivity index (χ1v) is 15.9. The second-order valence-corrected chi connectivity index (χ2v) is 13.5. The van der Waals surface area contributed by atoms with E-state index in [0.717, 1.165) is 18.3 Å². The minimum absolute atomic E-state index is 0.665. The van der Waals surface area contributed by atoms with Crippen molar-refractivity contribution in [1.29, 1.82) is 0 Å². The molecule has 0 aliphatic rings. The van der Waals surface area contributed by atoms with Gasteiger partial charge in [0.25, 0.3) is 0 Å². The van der Waals surface area contributed by atoms with Crippen molar-refractivity contribution in [3.8, 4) is 11.5 Å². The van der Waals surface area contributed by atoms with E-state index in [1.807, 2.05) is 84.9 Å². The molecule has 0 amide bonds. The highest BCUT2D eigenvalue weighted by atomic mass is 127. The summed E-state index contributed by atoms with van der Waals surface area (Å²) in [5.74, 6) is 1.34. The molecule has 0 radical (unpaired) electrons. The molecule has 4 aromatic rings. The van der Waals surface area contributed by atoms with Gasteiger partial charge in [-0.3, -0.25) is 0 Å². The second kappa shape index (κ2) is 13.6. The van der Waals surface area contributed by atoms with E-state index in [1.165, 1.54) is 0 Å². The van der Waals surface area contributed by atoms with Crippen molar-refractivity contribution in [2.75, 3.05) is 14.2 Å². The molecular weight excluding hydrogens is 734 g/mol. The molecule has 0 fully saturated rings. The Morgan fingerprint density at radius 2 is 0.897 bits per heavy atom. The van der Waals surface area contributed by atoms with Gasteiger partial charge in [0.15, 0.2) is 9.84 Å². The number of methoxy groups -OCH3 is 2. The Morgan fingerprint density at radius 1 is 0.564 bits per heavy atom. The molecule has 4 nitrogen and oxygen atoms in total. The van der Waals surface area contributed by atoms with Crippen LogP contribution < -0.4 is 9.47 Å². The molecule has 0 heterocycles. The number of halogens is 2. The smallest absolute Gasteiger partial charge is 0.171 e. The fourth-order valence-corrected chi connectivity index (χ4v) is 6.81. The van der Waals surface area contributed by atoms with Crippen LogP contribution >= 0.6 is 45.2 Å². The Hall–Kier alpha value is -2.63. The molecule has 0 aliphatic heterocycles. The summed E-state index contributed by atoms with van der Waals surface area (Å²) in [5, 5.41) is -1.78. The molecule has 4 aromatic carbocycles. The molecule has 0 spiro atoms. The Bertz CT molecular complexity index is 1410. The Morgan fingerprint density at radius 3 is 1.21 bits per heavy atom. The topological polar surface area (TPSA) is 52.6 Å². The van der Waals surface area contributed by atoms with Crippen LogP contribution in [0.1, 0.15) is 32.8 Å². The fourth-order valence-electron chi connectivity index (χ4n) is 4.11. The highest BCUT2D eigenvalue weighted by molar-refractivity contribution is 14.1. The third kappa shape index (κ3) is 7.73. The van der Waals surface area contributed by atoms with Crippen molar-refractivity contribution in [2.45, 2.75) is 10.5 Å². The number of hydrogen-bond acceptors (Lipinski definition) is 4. The third-order valence-electron chi connectivity index (χ3n) is 6.26. The Kier molecular flexibility index (Phi) is 10.3. The van der Waals surface area contributed by atoms with Gasteiger partial charge in [0, 0.05) is 7.14 Å². The molecule has 200 valence electrons. The van der Waals surface area contributed by atoms with Crippen LogP contribution in [0.15, 0.2) is 109 Å². The molecule has 0 aromatic heterocycles. The van der Waals surface area contributed by atoms with Gasteiger partial charge in [0.05, 0.1) is 14.2 Å². The van der Waals surface area contributed by atoms with Crippen LogP contribution in [0.3, 0.4) is 0 Å². The maximum absolute atomic E-state index is 14.5. The van der Waals surface area contributed by atoms with Crippen molar-refractivity contribution >= 4 is 67.2 Å². The number of ether oxygens (including phenoxy) is 2. The van der Waals surface area contributed by atoms with E-state index in [0.29, 0.717) is 22.6 Å². The fraction of sp³-hybridized carbons (Fsp3) is 0.125. The van der Waals surface area contributed by atoms with Gasteiger partial charge in [-0.2, -0.15) is 0 Å². The SMILES string of the molecule is COc1ccc(C(C=Cc2ccc(I)cc2)S(=O)(=O)C(C=Cc2ccc(I)cc2)c2ccc(OC)cc2)cc1. The molecule has 4 rings (SSSR count). The van der Waals surface area contributed by atoms with E-state index in [4.69, 9.17) is 9.47 Å². The van der Waals surface area contributed by atoms with Crippen LogP contribution in [0, 0.1) is 7.14 Å². The first-order chi connectivity index (χ1) is 18.8. The van der Waals surface area contributed by atoms with Gasteiger partial charge in [-0.25, -0.2) is 8.42 Å². The quantitative estimate of drug-likeness (QED) is 0.152. The van der Waals surface area contributed by atoms with E-state index in [-0.39, 0.29) is 0 Å². The molecule has 2 unspecified atom stereocenters. The van der Waals surface area contributed by atoms with Gasteiger partial charge in [-0.15, -0.1) is 0 Å². The molecule has 0 bridgehead atoms. The maximum Gasteiger partial charge on any atom is 0.171 e. The van der Waals surface area contributed by atoms with E-state index >= 15 is 0 Å². The van der Waals surface area contributed by atoms with Gasteiger partial charge in [-0.1, -0.05) is 72.8 Å². The molecule has 0 N–H and O–H groups in total. The first-order valence-electron chi connectivity index (χ1n) is 12.2. The number of hydrogen-bond donors (Lipinski definition) is 0. The zero-order valence-electron chi connectivity index (χ0n) is 21.5. The molecule has 0 saturated carbocycles. The van der Waals surface area contributed by atoms with E-state index in [1.54, 1.807) is 50.6 Å². The van der Waals surface area contributed by atoms with Crippen LogP contribution in [-0.2, 0) is 9.84 Å². The van der Waals surface area contributed by atoms with Crippen molar-refractivity contribution in [3.05, 3.63) is 139 Å². The number of rotatable bonds is 10. The molecule has 39 heavy (non-hydrogen) atoms. The van der Waals surface area contributed by atoms with E-state index in [9.17, 15) is 8.42 Å². The highest BCUT2D eigenvalue weighted by Gasteiger charge is 2.33. The van der Waals surface area contributed by atoms with Crippen molar-refractivity contribution in [3.63, 3.8) is 0 Å². The summed E-state index contributed by atoms with van der Waals surface area (Å²) in [5.41, 5.74) is 3.19. The molecule has 7 heteroatoms. The lowest BCUT2D eigenvalue weighted by Gasteiger charge is -2.22. The standard InChI is InChI=1S/C32H28I2O4S/c1-37-29-17-9-25(10-18-29)31(21-7-23-3-13-27(33)14-4-23)39(35,36)32(26-11-19-30(38-2)20-12-26)22-8-24-5-15-28(34)16-6-24/h3-22,31-32H,1-2H3. The van der Waals surface area contributed by atoms with Crippen molar-refractivity contribution in [2.24, 2.45) is 0 Å². The molecular formula is C32H28I2O4S. The van der Waals surface area contributed by atoms with Gasteiger partial charge in [0.2, 0.25) is 0 Å². The van der Waals surface area contributed by atoms with E-state index in [2.05, 4.69) is 45.2 Å². The van der Waals surface area contributed by atoms with Crippen LogP contribution in [-0.4, -0.2) is 22.6 Å². The minimum atomic E-state index is -3.82. The van der Waals surface area contributed by atoms with Crippen LogP contribution in [0.25, 0.3) is 12.2 Å². The van der Waals surface area contributed by atoms with Gasteiger partial charge >= 0.3 is 0 Å². The van der Waals surface area contributed by atoms with Crippen LogP contribution in [0.2, 0.25) is 0 Å². The lowest BCUT2D eigenvalue weighted by atomic mass is 10.1. The summed E-state index contributed by atoms with van der Waals surface area (Å²) in [4.78, 5) is 0.